The Balaban J connectivity index is 2.05. The molecule has 2 amide bonds. The van der Waals surface area contributed by atoms with Crippen LogP contribution in [0.5, 0.6) is 0 Å². The van der Waals surface area contributed by atoms with E-state index in [1.54, 1.807) is 25.1 Å². The fourth-order valence-electron chi connectivity index (χ4n) is 3.32. The molecule has 172 valence electrons. The fourth-order valence-corrected chi connectivity index (χ4v) is 4.62. The van der Waals surface area contributed by atoms with E-state index < -0.39 is 30.1 Å². The Labute approximate surface area is 194 Å². The molecule has 0 bridgehead atoms. The Kier molecular flexibility index (Phi) is 9.01. The van der Waals surface area contributed by atoms with Crippen LogP contribution in [0.25, 0.3) is 0 Å². The lowest BCUT2D eigenvalue weighted by Gasteiger charge is -2.30. The zero-order valence-corrected chi connectivity index (χ0v) is 20.5. The predicted octanol–water partition coefficient (Wildman–Crippen LogP) is 4.12. The summed E-state index contributed by atoms with van der Waals surface area (Å²) in [5.41, 5.74) is 0.671. The first-order valence-electron chi connectivity index (χ1n) is 10.4. The number of ether oxygens (including phenoxy) is 1. The van der Waals surface area contributed by atoms with Crippen molar-refractivity contribution in [2.24, 2.45) is 17.3 Å². The Morgan fingerprint density at radius 1 is 1.39 bits per heavy atom. The molecule has 1 heterocycles. The summed E-state index contributed by atoms with van der Waals surface area (Å²) in [4.78, 5) is 26.4. The standard InChI is InChI=1S/C23H33ClN2O4S/c1-13(9-10-23(3,4)5)19(27)14(2)20(30-6)22(29)26-17-12-31-18-11-15(24)7-8-16(18)25-21(17)28/h7-11,13-14,17,19-20,27H,12H2,1-6H3,(H,25,28)(H,26,29)/b10-9+/t13-,14-,17+,19+,20-/m1/s1. The Morgan fingerprint density at radius 2 is 2.06 bits per heavy atom. The van der Waals surface area contributed by atoms with Crippen molar-refractivity contribution < 1.29 is 19.4 Å². The van der Waals surface area contributed by atoms with E-state index >= 15 is 0 Å². The zero-order valence-electron chi connectivity index (χ0n) is 18.9. The van der Waals surface area contributed by atoms with Gasteiger partial charge in [-0.05, 0) is 23.6 Å². The fraction of sp³-hybridized carbons (Fsp3) is 0.565. The third-order valence-corrected chi connectivity index (χ3v) is 6.59. The van der Waals surface area contributed by atoms with Gasteiger partial charge in [0.15, 0.2) is 0 Å². The molecule has 5 atom stereocenters. The number of allylic oxidation sites excluding steroid dienone is 1. The second kappa shape index (κ2) is 10.9. The van der Waals surface area contributed by atoms with Crippen LogP contribution in [0.1, 0.15) is 34.6 Å². The molecule has 0 aromatic heterocycles. The van der Waals surface area contributed by atoms with Crippen LogP contribution in [0.3, 0.4) is 0 Å². The van der Waals surface area contributed by atoms with Crippen LogP contribution in [0.2, 0.25) is 5.02 Å². The number of carbonyl (C=O) groups is 2. The average molecular weight is 469 g/mol. The molecule has 0 fully saturated rings. The number of thioether (sulfide) groups is 1. The number of halogens is 1. The van der Waals surface area contributed by atoms with Gasteiger partial charge in [-0.15, -0.1) is 11.8 Å². The van der Waals surface area contributed by atoms with Crippen LogP contribution >= 0.6 is 23.4 Å². The zero-order chi connectivity index (χ0) is 23.3. The largest absolute Gasteiger partial charge is 0.392 e. The number of hydrogen-bond donors (Lipinski definition) is 3. The number of aliphatic hydroxyl groups excluding tert-OH is 1. The van der Waals surface area contributed by atoms with Crippen LogP contribution in [0, 0.1) is 17.3 Å². The number of aliphatic hydroxyl groups is 1. The predicted molar refractivity (Wildman–Crippen MR) is 126 cm³/mol. The molecule has 1 aromatic rings. The number of carbonyl (C=O) groups excluding carboxylic acids is 2. The molecule has 0 aliphatic carbocycles. The molecular weight excluding hydrogens is 436 g/mol. The highest BCUT2D eigenvalue weighted by Gasteiger charge is 2.35. The van der Waals surface area contributed by atoms with Gasteiger partial charge in [-0.3, -0.25) is 9.59 Å². The third kappa shape index (κ3) is 7.24. The maximum absolute atomic E-state index is 12.9. The lowest BCUT2D eigenvalue weighted by molar-refractivity contribution is -0.139. The first-order valence-corrected chi connectivity index (χ1v) is 11.7. The number of nitrogens with one attached hydrogen (secondary N) is 2. The number of rotatable bonds is 7. The summed E-state index contributed by atoms with van der Waals surface area (Å²) >= 11 is 7.49. The first kappa shape index (κ1) is 25.7. The Hall–Kier alpha value is -1.54. The van der Waals surface area contributed by atoms with Crippen molar-refractivity contribution in [1.29, 1.82) is 0 Å². The van der Waals surface area contributed by atoms with E-state index in [0.717, 1.165) is 4.90 Å². The molecule has 1 aromatic carbocycles. The van der Waals surface area contributed by atoms with E-state index in [9.17, 15) is 14.7 Å². The Bertz CT molecular complexity index is 824. The molecule has 6 nitrogen and oxygen atoms in total. The number of methoxy groups -OCH3 is 1. The highest BCUT2D eigenvalue weighted by molar-refractivity contribution is 7.99. The maximum Gasteiger partial charge on any atom is 0.250 e. The summed E-state index contributed by atoms with van der Waals surface area (Å²) in [6.07, 6.45) is 2.34. The molecule has 0 saturated carbocycles. The molecular formula is C23H33ClN2O4S. The van der Waals surface area contributed by atoms with Gasteiger partial charge in [-0.25, -0.2) is 0 Å². The third-order valence-electron chi connectivity index (χ3n) is 5.21. The van der Waals surface area contributed by atoms with E-state index in [1.807, 2.05) is 19.1 Å². The highest BCUT2D eigenvalue weighted by Crippen LogP contribution is 2.33. The summed E-state index contributed by atoms with van der Waals surface area (Å²) in [6.45, 7) is 9.93. The van der Waals surface area contributed by atoms with Crippen LogP contribution in [-0.4, -0.2) is 48.0 Å². The van der Waals surface area contributed by atoms with E-state index in [2.05, 4.69) is 31.4 Å². The molecule has 0 saturated heterocycles. The monoisotopic (exact) mass is 468 g/mol. The van der Waals surface area contributed by atoms with Crippen molar-refractivity contribution in [3.05, 3.63) is 35.4 Å². The minimum Gasteiger partial charge on any atom is -0.392 e. The average Bonchev–Trinajstić information content (AvgIpc) is 2.84. The van der Waals surface area contributed by atoms with Gasteiger partial charge in [0.2, 0.25) is 11.8 Å². The minimum atomic E-state index is -0.890. The quantitative estimate of drug-likeness (QED) is 0.524. The van der Waals surface area contributed by atoms with Gasteiger partial charge in [0.05, 0.1) is 11.8 Å². The van der Waals surface area contributed by atoms with Gasteiger partial charge < -0.3 is 20.5 Å². The van der Waals surface area contributed by atoms with E-state index in [-0.39, 0.29) is 17.2 Å². The second-order valence-corrected chi connectivity index (χ2v) is 10.6. The first-order chi connectivity index (χ1) is 14.4. The van der Waals surface area contributed by atoms with Crippen LogP contribution in [-0.2, 0) is 14.3 Å². The van der Waals surface area contributed by atoms with Crippen molar-refractivity contribution in [1.82, 2.24) is 5.32 Å². The number of hydrogen-bond acceptors (Lipinski definition) is 5. The molecule has 2 rings (SSSR count). The molecule has 0 unspecified atom stereocenters. The van der Waals surface area contributed by atoms with Crippen molar-refractivity contribution in [3.8, 4) is 0 Å². The minimum absolute atomic E-state index is 0.00156. The van der Waals surface area contributed by atoms with Gasteiger partial charge in [0.1, 0.15) is 12.1 Å². The SMILES string of the molecule is CO[C@@H](C(=O)N[C@H]1CSc2cc(Cl)ccc2NC1=O)[C@H](C)[C@@H](O)[C@H](C)/C=C/C(C)(C)C. The molecule has 31 heavy (non-hydrogen) atoms. The van der Waals surface area contributed by atoms with E-state index in [1.165, 1.54) is 18.9 Å². The molecule has 1 aliphatic heterocycles. The number of amides is 2. The molecule has 1 aliphatic rings. The molecule has 0 radical (unpaired) electrons. The van der Waals surface area contributed by atoms with E-state index in [4.69, 9.17) is 16.3 Å². The Morgan fingerprint density at radius 3 is 2.68 bits per heavy atom. The summed E-state index contributed by atoms with van der Waals surface area (Å²) < 4.78 is 5.42. The number of fused-ring (bicyclic) bond motifs is 1. The van der Waals surface area contributed by atoms with Crippen molar-refractivity contribution >= 4 is 40.9 Å². The van der Waals surface area contributed by atoms with Crippen molar-refractivity contribution in [2.45, 2.75) is 57.8 Å². The van der Waals surface area contributed by atoms with Crippen LogP contribution in [0.4, 0.5) is 5.69 Å². The van der Waals surface area contributed by atoms with Crippen LogP contribution < -0.4 is 10.6 Å². The molecule has 3 N–H and O–H groups in total. The maximum atomic E-state index is 12.9. The number of anilines is 1. The second-order valence-electron chi connectivity index (χ2n) is 9.09. The molecule has 0 spiro atoms. The van der Waals surface area contributed by atoms with Gasteiger partial charge >= 0.3 is 0 Å². The van der Waals surface area contributed by atoms with E-state index in [0.29, 0.717) is 16.5 Å². The van der Waals surface area contributed by atoms with Crippen LogP contribution in [0.15, 0.2) is 35.2 Å². The van der Waals surface area contributed by atoms with Gasteiger partial charge in [-0.2, -0.15) is 0 Å². The summed E-state index contributed by atoms with van der Waals surface area (Å²) in [5, 5.41) is 17.0. The lowest BCUT2D eigenvalue weighted by atomic mass is 9.86. The highest BCUT2D eigenvalue weighted by atomic mass is 35.5. The summed E-state index contributed by atoms with van der Waals surface area (Å²) in [7, 11) is 1.43. The van der Waals surface area contributed by atoms with Crippen molar-refractivity contribution in [2.75, 3.05) is 18.2 Å². The van der Waals surface area contributed by atoms with Crippen molar-refractivity contribution in [3.63, 3.8) is 0 Å². The van der Waals surface area contributed by atoms with Gasteiger partial charge in [-0.1, -0.05) is 58.4 Å². The summed E-state index contributed by atoms with van der Waals surface area (Å²) in [5.74, 6) is -0.988. The normalized spacial score (nSPS) is 20.9. The smallest absolute Gasteiger partial charge is 0.250 e. The summed E-state index contributed by atoms with van der Waals surface area (Å²) in [6, 6.07) is 4.51. The topological polar surface area (TPSA) is 87.7 Å². The lowest BCUT2D eigenvalue weighted by Crippen LogP contribution is -2.52. The number of benzene rings is 1. The van der Waals surface area contributed by atoms with Gasteiger partial charge in [0.25, 0.3) is 0 Å². The van der Waals surface area contributed by atoms with Gasteiger partial charge in [0, 0.05) is 34.6 Å². The molecule has 8 heteroatoms.